The van der Waals surface area contributed by atoms with Crippen molar-refractivity contribution in [3.8, 4) is 5.75 Å². The summed E-state index contributed by atoms with van der Waals surface area (Å²) in [5, 5.41) is 10.0. The highest BCUT2D eigenvalue weighted by Crippen LogP contribution is 2.47. The largest absolute Gasteiger partial charge is 0.495 e. The Kier molecular flexibility index (Phi) is 3.77. The fourth-order valence-electron chi connectivity index (χ4n) is 2.69. The Labute approximate surface area is 118 Å². The lowest BCUT2D eigenvalue weighted by atomic mass is 9.64. The number of halogens is 1. The van der Waals surface area contributed by atoms with Crippen molar-refractivity contribution < 1.29 is 14.6 Å². The number of methoxy groups -OCH3 is 1. The molecule has 1 aliphatic carbocycles. The molecule has 3 nitrogen and oxygen atoms in total. The Hall–Kier alpha value is -1.22. The molecule has 104 valence electrons. The molecule has 4 heteroatoms. The van der Waals surface area contributed by atoms with Gasteiger partial charge in [0.05, 0.1) is 17.5 Å². The molecule has 1 N–H and O–H groups in total. The van der Waals surface area contributed by atoms with Gasteiger partial charge >= 0.3 is 5.97 Å². The fourth-order valence-corrected chi connectivity index (χ4v) is 3.00. The molecule has 0 aromatic heterocycles. The summed E-state index contributed by atoms with van der Waals surface area (Å²) in [6, 6.07) is 3.70. The van der Waals surface area contributed by atoms with Crippen LogP contribution in [0.15, 0.2) is 12.1 Å². The van der Waals surface area contributed by atoms with E-state index in [4.69, 9.17) is 16.3 Å². The van der Waals surface area contributed by atoms with E-state index < -0.39 is 11.4 Å². The molecule has 0 spiro atoms. The number of hydrogen-bond acceptors (Lipinski definition) is 2. The first-order chi connectivity index (χ1) is 8.92. The zero-order valence-electron chi connectivity index (χ0n) is 11.5. The molecule has 0 unspecified atom stereocenters. The minimum absolute atomic E-state index is 0.235. The number of ether oxygens (including phenoxy) is 1. The van der Waals surface area contributed by atoms with Crippen molar-refractivity contribution in [1.29, 1.82) is 0 Å². The minimum Gasteiger partial charge on any atom is -0.495 e. The second-order valence-corrected chi connectivity index (χ2v) is 5.88. The summed E-state index contributed by atoms with van der Waals surface area (Å²) in [7, 11) is 1.59. The lowest BCUT2D eigenvalue weighted by Gasteiger charge is -2.38. The molecule has 0 radical (unpaired) electrons. The average molecular weight is 283 g/mol. The second kappa shape index (κ2) is 5.04. The van der Waals surface area contributed by atoms with Crippen LogP contribution in [0.1, 0.15) is 50.2 Å². The summed E-state index contributed by atoms with van der Waals surface area (Å²) in [6.07, 6.45) is 2.32. The predicted molar refractivity (Wildman–Crippen MR) is 75.3 cm³/mol. The summed E-state index contributed by atoms with van der Waals surface area (Å²) in [4.78, 5) is 11.6. The molecule has 0 atom stereocenters. The Balaban J connectivity index is 2.57. The lowest BCUT2D eigenvalue weighted by molar-refractivity contribution is -0.147. The Bertz CT molecular complexity index is 504. The number of carboxylic acid groups (broad SMARTS) is 1. The summed E-state index contributed by atoms with van der Waals surface area (Å²) < 4.78 is 5.34. The van der Waals surface area contributed by atoms with Gasteiger partial charge in [-0.2, -0.15) is 0 Å². The Morgan fingerprint density at radius 2 is 2.05 bits per heavy atom. The van der Waals surface area contributed by atoms with Gasteiger partial charge in [0, 0.05) is 0 Å². The van der Waals surface area contributed by atoms with Gasteiger partial charge in [-0.3, -0.25) is 4.79 Å². The molecule has 0 saturated heterocycles. The summed E-state index contributed by atoms with van der Waals surface area (Å²) in [6.45, 7) is 4.10. The molecule has 0 amide bonds. The summed E-state index contributed by atoms with van der Waals surface area (Å²) >= 11 is 6.25. The lowest BCUT2D eigenvalue weighted by Crippen LogP contribution is -2.42. The quantitative estimate of drug-likeness (QED) is 0.909. The van der Waals surface area contributed by atoms with Gasteiger partial charge in [0.15, 0.2) is 0 Å². The van der Waals surface area contributed by atoms with Crippen molar-refractivity contribution in [2.75, 3.05) is 7.11 Å². The normalized spacial score (nSPS) is 17.1. The maximum atomic E-state index is 11.6. The molecule has 1 saturated carbocycles. The van der Waals surface area contributed by atoms with Crippen molar-refractivity contribution in [1.82, 2.24) is 0 Å². The first-order valence-corrected chi connectivity index (χ1v) is 6.91. The summed E-state index contributed by atoms with van der Waals surface area (Å²) in [5.74, 6) is 0.133. The number of aliphatic carboxylic acids is 1. The van der Waals surface area contributed by atoms with E-state index in [1.807, 2.05) is 19.9 Å². The standard InChI is InChI=1S/C15H19ClO3/c1-9(2)11-7-10(8-12(16)13(11)19-3)15(14(17)18)5-4-6-15/h7-9H,4-6H2,1-3H3,(H,17,18). The molecule has 2 rings (SSSR count). The zero-order chi connectivity index (χ0) is 14.2. The van der Waals surface area contributed by atoms with E-state index in [0.29, 0.717) is 23.6 Å². The molecule has 0 heterocycles. The molecule has 0 aliphatic heterocycles. The number of carbonyl (C=O) groups is 1. The minimum atomic E-state index is -0.755. The average Bonchev–Trinajstić information content (AvgIpc) is 2.25. The molecule has 1 aromatic rings. The van der Waals surface area contributed by atoms with E-state index in [1.54, 1.807) is 13.2 Å². The molecular weight excluding hydrogens is 264 g/mol. The van der Waals surface area contributed by atoms with Crippen LogP contribution >= 0.6 is 11.6 Å². The first kappa shape index (κ1) is 14.2. The van der Waals surface area contributed by atoms with Crippen molar-refractivity contribution in [3.63, 3.8) is 0 Å². The van der Waals surface area contributed by atoms with Crippen molar-refractivity contribution >= 4 is 17.6 Å². The van der Waals surface area contributed by atoms with E-state index in [2.05, 4.69) is 0 Å². The maximum absolute atomic E-state index is 11.6. The van der Waals surface area contributed by atoms with E-state index in [-0.39, 0.29) is 5.92 Å². The number of rotatable bonds is 4. The van der Waals surface area contributed by atoms with Crippen molar-refractivity contribution in [3.05, 3.63) is 28.3 Å². The van der Waals surface area contributed by atoms with Gasteiger partial charge in [-0.25, -0.2) is 0 Å². The zero-order valence-corrected chi connectivity index (χ0v) is 12.3. The molecule has 0 bridgehead atoms. The summed E-state index contributed by atoms with van der Waals surface area (Å²) in [5.41, 5.74) is 1.03. The third-order valence-corrected chi connectivity index (χ3v) is 4.35. The maximum Gasteiger partial charge on any atom is 0.314 e. The Morgan fingerprint density at radius 3 is 2.42 bits per heavy atom. The Morgan fingerprint density at radius 1 is 1.42 bits per heavy atom. The van der Waals surface area contributed by atoms with Gasteiger partial charge in [0.25, 0.3) is 0 Å². The fraction of sp³-hybridized carbons (Fsp3) is 0.533. The van der Waals surface area contributed by atoms with Crippen LogP contribution in [-0.4, -0.2) is 18.2 Å². The van der Waals surface area contributed by atoms with Crippen LogP contribution in [0.3, 0.4) is 0 Å². The van der Waals surface area contributed by atoms with Gasteiger partial charge in [-0.1, -0.05) is 37.9 Å². The molecule has 19 heavy (non-hydrogen) atoms. The van der Waals surface area contributed by atoms with Gasteiger partial charge in [0.2, 0.25) is 0 Å². The van der Waals surface area contributed by atoms with Gasteiger partial charge in [-0.05, 0) is 36.0 Å². The highest BCUT2D eigenvalue weighted by Gasteiger charge is 2.46. The van der Waals surface area contributed by atoms with Crippen LogP contribution in [0.25, 0.3) is 0 Å². The topological polar surface area (TPSA) is 46.5 Å². The van der Waals surface area contributed by atoms with E-state index in [0.717, 1.165) is 17.5 Å². The second-order valence-electron chi connectivity index (χ2n) is 5.48. The van der Waals surface area contributed by atoms with Crippen LogP contribution in [0, 0.1) is 0 Å². The first-order valence-electron chi connectivity index (χ1n) is 6.53. The van der Waals surface area contributed by atoms with Gasteiger partial charge < -0.3 is 9.84 Å². The van der Waals surface area contributed by atoms with E-state index in [1.165, 1.54) is 0 Å². The van der Waals surface area contributed by atoms with E-state index >= 15 is 0 Å². The number of hydrogen-bond donors (Lipinski definition) is 1. The van der Waals surface area contributed by atoms with E-state index in [9.17, 15) is 9.90 Å². The number of benzene rings is 1. The highest BCUT2D eigenvalue weighted by molar-refractivity contribution is 6.32. The van der Waals surface area contributed by atoms with Gasteiger partial charge in [-0.15, -0.1) is 0 Å². The molecular formula is C15H19ClO3. The molecule has 1 aromatic carbocycles. The third-order valence-electron chi connectivity index (χ3n) is 4.07. The van der Waals surface area contributed by atoms with Crippen LogP contribution < -0.4 is 4.74 Å². The van der Waals surface area contributed by atoms with Gasteiger partial charge in [0.1, 0.15) is 5.75 Å². The van der Waals surface area contributed by atoms with Crippen LogP contribution in [0.5, 0.6) is 5.75 Å². The van der Waals surface area contributed by atoms with Crippen molar-refractivity contribution in [2.45, 2.75) is 44.4 Å². The molecule has 1 aliphatic rings. The smallest absolute Gasteiger partial charge is 0.314 e. The monoisotopic (exact) mass is 282 g/mol. The number of carboxylic acids is 1. The SMILES string of the molecule is COc1c(Cl)cc(C2(C(=O)O)CCC2)cc1C(C)C. The van der Waals surface area contributed by atoms with Crippen molar-refractivity contribution in [2.24, 2.45) is 0 Å². The third kappa shape index (κ3) is 2.20. The van der Waals surface area contributed by atoms with Crippen LogP contribution in [0.4, 0.5) is 0 Å². The molecule has 1 fully saturated rings. The van der Waals surface area contributed by atoms with Crippen LogP contribution in [-0.2, 0) is 10.2 Å². The predicted octanol–water partition coefficient (Wildman–Crippen LogP) is 3.98. The highest BCUT2D eigenvalue weighted by atomic mass is 35.5. The van der Waals surface area contributed by atoms with Crippen LogP contribution in [0.2, 0.25) is 5.02 Å².